The molecule has 10 heteroatoms. The third kappa shape index (κ3) is 16.8. The molecule has 0 bridgehead atoms. The van der Waals surface area contributed by atoms with Gasteiger partial charge in [0, 0.05) is 36.4 Å². The normalized spacial score (nSPS) is 10.0. The van der Waals surface area contributed by atoms with Gasteiger partial charge in [0.05, 0.1) is 11.9 Å². The zero-order chi connectivity index (χ0) is 22.8. The molecular weight excluding hydrogens is 396 g/mol. The highest BCUT2D eigenvalue weighted by molar-refractivity contribution is 5.89. The lowest BCUT2D eigenvalue weighted by Crippen LogP contribution is -2.19. The molecule has 0 aromatic carbocycles. The molecule has 0 aliphatic carbocycles. The first-order valence-electron chi connectivity index (χ1n) is 8.05. The number of hydrogen-bond acceptors (Lipinski definition) is 6. The predicted molar refractivity (Wildman–Crippen MR) is 98.5 cm³/mol. The van der Waals surface area contributed by atoms with Crippen molar-refractivity contribution in [2.24, 2.45) is 0 Å². The smallest absolute Gasteiger partial charge is 0.328 e. The minimum Gasteiger partial charge on any atom is -0.545 e. The summed E-state index contributed by atoms with van der Waals surface area (Å²) in [6.45, 7) is 0. The molecule has 2 aromatic heterocycles. The number of carbonyl (C=O) groups excluding carboxylic acids is 2. The average molecular weight is 414 g/mol. The van der Waals surface area contributed by atoms with Crippen molar-refractivity contribution >= 4 is 36.0 Å². The first kappa shape index (κ1) is 25.4. The second-order valence-electron chi connectivity index (χ2n) is 4.98. The minimum absolute atomic E-state index is 0.447. The topological polar surface area (TPSA) is 183 Å². The summed E-state index contributed by atoms with van der Waals surface area (Å²) in [4.78, 5) is 43.9. The van der Waals surface area contributed by atoms with Gasteiger partial charge in [-0.3, -0.25) is 0 Å². The van der Waals surface area contributed by atoms with Gasteiger partial charge in [-0.05, 0) is 23.3 Å². The van der Waals surface area contributed by atoms with E-state index >= 15 is 0 Å². The fraction of sp³-hybridized carbons (Fsp3) is 0. The third-order valence-electron chi connectivity index (χ3n) is 2.68. The summed E-state index contributed by atoms with van der Waals surface area (Å²) in [6, 6.07) is 8.13. The maximum atomic E-state index is 9.53. The molecule has 0 spiro atoms. The lowest BCUT2D eigenvalue weighted by Gasteiger charge is -1.88. The van der Waals surface area contributed by atoms with Gasteiger partial charge in [0.2, 0.25) is 0 Å². The number of aromatic nitrogens is 2. The van der Waals surface area contributed by atoms with Crippen LogP contribution >= 0.6 is 0 Å². The van der Waals surface area contributed by atoms with Gasteiger partial charge >= 0.3 is 11.9 Å². The molecule has 0 fully saturated rings. The number of carbonyl (C=O) groups is 4. The largest absolute Gasteiger partial charge is 0.545 e. The fourth-order valence-corrected chi connectivity index (χ4v) is 1.49. The second-order valence-corrected chi connectivity index (χ2v) is 4.98. The van der Waals surface area contributed by atoms with Crippen LogP contribution in [0.25, 0.3) is 12.2 Å². The molecule has 10 nitrogen and oxygen atoms in total. The van der Waals surface area contributed by atoms with Crippen molar-refractivity contribution in [2.45, 2.75) is 0 Å². The van der Waals surface area contributed by atoms with Gasteiger partial charge in [-0.25, -0.2) is 19.6 Å². The Morgan fingerprint density at radius 2 is 0.933 bits per heavy atom. The van der Waals surface area contributed by atoms with Gasteiger partial charge in [-0.15, -0.1) is 0 Å². The summed E-state index contributed by atoms with van der Waals surface area (Å²) in [5.41, 5.74) is 2.38. The first-order valence-corrected chi connectivity index (χ1v) is 8.05. The van der Waals surface area contributed by atoms with E-state index in [9.17, 15) is 29.4 Å². The summed E-state index contributed by atoms with van der Waals surface area (Å²) in [5.74, 6) is -5.61. The fourth-order valence-electron chi connectivity index (χ4n) is 1.49. The summed E-state index contributed by atoms with van der Waals surface area (Å²) < 4.78 is 0. The zero-order valence-electron chi connectivity index (χ0n) is 15.4. The van der Waals surface area contributed by atoms with Crippen LogP contribution in [0.3, 0.4) is 0 Å². The number of pyridine rings is 2. The van der Waals surface area contributed by atoms with Crippen LogP contribution in [0.2, 0.25) is 0 Å². The number of hydrogen-bond donors (Lipinski definition) is 2. The Hall–Kier alpha value is -4.60. The average Bonchev–Trinajstić information content (AvgIpc) is 2.72. The van der Waals surface area contributed by atoms with E-state index < -0.39 is 23.9 Å². The molecule has 156 valence electrons. The van der Waals surface area contributed by atoms with E-state index in [0.717, 1.165) is 0 Å². The zero-order valence-corrected chi connectivity index (χ0v) is 15.4. The van der Waals surface area contributed by atoms with E-state index in [-0.39, 0.29) is 0 Å². The van der Waals surface area contributed by atoms with Crippen LogP contribution in [0.4, 0.5) is 0 Å². The minimum atomic E-state index is -1.51. The molecule has 2 aromatic rings. The van der Waals surface area contributed by atoms with Crippen molar-refractivity contribution in [1.82, 2.24) is 0 Å². The monoisotopic (exact) mass is 414 g/mol. The molecule has 0 unspecified atom stereocenters. The lowest BCUT2D eigenvalue weighted by atomic mass is 10.2. The molecule has 0 aliphatic rings. The van der Waals surface area contributed by atoms with Gasteiger partial charge in [0.15, 0.2) is 24.8 Å². The summed E-state index contributed by atoms with van der Waals surface area (Å²) in [6.07, 6.45) is 13.7. The molecular formula is C20H18N2O8. The Balaban J connectivity index is 0.000000456. The number of carboxylic acids is 4. The SMILES string of the molecule is C(=C\c1cc[nH+]cc1)/c1cc[nH+]cc1.O=C([O-])/C=C\C(=O)O.O=C([O-])/C=C\C(=O)O. The number of H-pyrrole nitrogens is 2. The number of nitrogens with one attached hydrogen (secondary N) is 2. The number of aliphatic carboxylic acids is 4. The van der Waals surface area contributed by atoms with Crippen LogP contribution in [0, 0.1) is 0 Å². The Labute approximate surface area is 170 Å². The van der Waals surface area contributed by atoms with Crippen molar-refractivity contribution in [3.63, 3.8) is 0 Å². The molecule has 2 heterocycles. The molecule has 0 saturated carbocycles. The van der Waals surface area contributed by atoms with Crippen LogP contribution < -0.4 is 20.2 Å². The number of aromatic amines is 2. The van der Waals surface area contributed by atoms with Crippen LogP contribution in [-0.4, -0.2) is 34.1 Å². The molecule has 0 aliphatic heterocycles. The number of rotatable bonds is 6. The van der Waals surface area contributed by atoms with Gasteiger partial charge in [0.25, 0.3) is 0 Å². The van der Waals surface area contributed by atoms with Crippen molar-refractivity contribution < 1.29 is 49.6 Å². The highest BCUT2D eigenvalue weighted by atomic mass is 16.4. The molecule has 30 heavy (non-hydrogen) atoms. The first-order chi connectivity index (χ1) is 14.2. The Bertz CT molecular complexity index is 799. The van der Waals surface area contributed by atoms with Gasteiger partial charge in [0.1, 0.15) is 0 Å². The van der Waals surface area contributed by atoms with E-state index in [1.807, 2.05) is 49.1 Å². The molecule has 0 atom stereocenters. The van der Waals surface area contributed by atoms with Crippen molar-refractivity contribution in [3.8, 4) is 0 Å². The molecule has 0 radical (unpaired) electrons. The standard InChI is InChI=1S/C12H10N2.2C4H4O4/c1(11-3-7-13-8-4-11)2-12-5-9-14-10-6-12;2*5-3(6)1-2-4(7)8/h1-10H;2*1-2H,(H,5,6)(H,7,8)/b2-1+;2*2-1-. The van der Waals surface area contributed by atoms with Gasteiger partial charge in [-0.1, -0.05) is 12.2 Å². The Morgan fingerprint density at radius 3 is 1.13 bits per heavy atom. The Morgan fingerprint density at radius 1 is 0.633 bits per heavy atom. The van der Waals surface area contributed by atoms with Crippen LogP contribution in [-0.2, 0) is 19.2 Å². The third-order valence-corrected chi connectivity index (χ3v) is 2.68. The van der Waals surface area contributed by atoms with Crippen molar-refractivity contribution in [1.29, 1.82) is 0 Å². The highest BCUT2D eigenvalue weighted by Gasteiger charge is 1.89. The molecule has 0 saturated heterocycles. The quantitative estimate of drug-likeness (QED) is 0.521. The van der Waals surface area contributed by atoms with Gasteiger partial charge in [-0.2, -0.15) is 0 Å². The Kier molecular flexibility index (Phi) is 13.1. The van der Waals surface area contributed by atoms with E-state index in [0.29, 0.717) is 24.3 Å². The maximum absolute atomic E-state index is 9.53. The lowest BCUT2D eigenvalue weighted by molar-refractivity contribution is -0.378. The maximum Gasteiger partial charge on any atom is 0.328 e. The molecule has 2 rings (SSSR count). The van der Waals surface area contributed by atoms with Crippen molar-refractivity contribution in [3.05, 3.63) is 84.5 Å². The molecule has 0 amide bonds. The predicted octanol–water partition coefficient (Wildman–Crippen LogP) is -1.76. The van der Waals surface area contributed by atoms with Crippen molar-refractivity contribution in [2.75, 3.05) is 0 Å². The van der Waals surface area contributed by atoms with E-state index in [1.165, 1.54) is 11.1 Å². The van der Waals surface area contributed by atoms with Crippen LogP contribution in [0.15, 0.2) is 73.4 Å². The summed E-state index contributed by atoms with van der Waals surface area (Å²) >= 11 is 0. The molecule has 4 N–H and O–H groups in total. The second kappa shape index (κ2) is 15.5. The van der Waals surface area contributed by atoms with E-state index in [2.05, 4.69) is 22.1 Å². The van der Waals surface area contributed by atoms with E-state index in [4.69, 9.17) is 10.2 Å². The number of carboxylic acid groups (broad SMARTS) is 4. The van der Waals surface area contributed by atoms with Crippen LogP contribution in [0.5, 0.6) is 0 Å². The van der Waals surface area contributed by atoms with E-state index in [1.54, 1.807) is 0 Å². The van der Waals surface area contributed by atoms with Crippen LogP contribution in [0.1, 0.15) is 11.1 Å². The highest BCUT2D eigenvalue weighted by Crippen LogP contribution is 2.04. The summed E-state index contributed by atoms with van der Waals surface area (Å²) in [7, 11) is 0. The summed E-state index contributed by atoms with van der Waals surface area (Å²) in [5, 5.41) is 34.5. The van der Waals surface area contributed by atoms with Gasteiger partial charge < -0.3 is 30.0 Å².